The number of hydrogen-bond donors (Lipinski definition) is 0. The van der Waals surface area contributed by atoms with Crippen LogP contribution in [0.1, 0.15) is 26.7 Å². The summed E-state index contributed by atoms with van der Waals surface area (Å²) in [4.78, 5) is 0. The van der Waals surface area contributed by atoms with Crippen molar-refractivity contribution in [2.75, 3.05) is 0 Å². The molecule has 1 heteroatoms. The first kappa shape index (κ1) is 15.3. The van der Waals surface area contributed by atoms with Gasteiger partial charge in [0.2, 0.25) is 0 Å². The quantitative estimate of drug-likeness (QED) is 0.537. The van der Waals surface area contributed by atoms with E-state index >= 15 is 0 Å². The van der Waals surface area contributed by atoms with Crippen LogP contribution in [0.4, 0.5) is 0 Å². The molecule has 2 aromatic carbocycles. The van der Waals surface area contributed by atoms with Crippen LogP contribution in [0, 0.1) is 0 Å². The monoisotopic (exact) mass is 308 g/mol. The van der Waals surface area contributed by atoms with Crippen LogP contribution in [0.5, 0.6) is 0 Å². The molecule has 0 amide bonds. The van der Waals surface area contributed by atoms with Crippen LogP contribution in [-0.4, -0.2) is 5.66 Å². The predicted molar refractivity (Wildman–Crippen MR) is 102 cm³/mol. The zero-order valence-electron chi connectivity index (χ0n) is 13.5. The molecule has 1 aliphatic carbocycles. The van der Waals surface area contributed by atoms with E-state index in [9.17, 15) is 0 Å². The fourth-order valence-corrected chi connectivity index (χ4v) is 9.53. The van der Waals surface area contributed by atoms with Gasteiger partial charge in [0.15, 0.2) is 0 Å². The van der Waals surface area contributed by atoms with Crippen LogP contribution in [0.3, 0.4) is 0 Å². The maximum absolute atomic E-state index is 2.35. The normalized spacial score (nSPS) is 16.9. The zero-order valence-corrected chi connectivity index (χ0v) is 14.5. The fourth-order valence-electron chi connectivity index (χ4n) is 3.76. The molecule has 2 aromatic rings. The van der Waals surface area contributed by atoms with Gasteiger partial charge in [-0.05, 0) is 0 Å². The van der Waals surface area contributed by atoms with Crippen molar-refractivity contribution in [1.82, 2.24) is 0 Å². The summed E-state index contributed by atoms with van der Waals surface area (Å²) in [6.45, 7) is 4.33. The third-order valence-corrected chi connectivity index (χ3v) is 10.4. The van der Waals surface area contributed by atoms with Crippen LogP contribution in [0.25, 0.3) is 0 Å². The second-order valence-corrected chi connectivity index (χ2v) is 10.2. The molecule has 0 aliphatic heterocycles. The number of rotatable bonds is 5. The van der Waals surface area contributed by atoms with E-state index in [2.05, 4.69) is 92.7 Å². The Balaban J connectivity index is 2.29. The fraction of sp³-hybridized carbons (Fsp3) is 0.238. The molecule has 0 N–H and O–H groups in total. The van der Waals surface area contributed by atoms with Crippen molar-refractivity contribution in [3.8, 4) is 0 Å². The summed E-state index contributed by atoms with van der Waals surface area (Å²) in [5.74, 6) is 0. The van der Waals surface area contributed by atoms with E-state index in [4.69, 9.17) is 0 Å². The molecule has 0 spiro atoms. The molecule has 114 valence electrons. The summed E-state index contributed by atoms with van der Waals surface area (Å²) < 4.78 is 0. The first-order chi connectivity index (χ1) is 10.8. The van der Waals surface area contributed by atoms with Gasteiger partial charge in [-0.1, -0.05) is 0 Å². The van der Waals surface area contributed by atoms with E-state index in [-0.39, 0.29) is 0 Å². The zero-order chi connectivity index (χ0) is 15.4. The minimum atomic E-state index is -1.89. The molecule has 0 nitrogen and oxygen atoms in total. The van der Waals surface area contributed by atoms with Gasteiger partial charge in [0.05, 0.1) is 0 Å². The van der Waals surface area contributed by atoms with E-state index < -0.39 is 7.26 Å². The van der Waals surface area contributed by atoms with E-state index in [1.165, 1.54) is 12.8 Å². The third kappa shape index (κ3) is 2.57. The first-order valence-corrected chi connectivity index (χ1v) is 10.3. The van der Waals surface area contributed by atoms with Gasteiger partial charge in [0.1, 0.15) is 0 Å². The molecular formula is C21H25P. The predicted octanol–water partition coefficient (Wildman–Crippen LogP) is 5.03. The Hall–Kier alpha value is -1.65. The molecule has 3 rings (SSSR count). The molecule has 0 aromatic heterocycles. The molecular weight excluding hydrogens is 283 g/mol. The maximum atomic E-state index is 2.35. The summed E-state index contributed by atoms with van der Waals surface area (Å²) >= 11 is 0. The van der Waals surface area contributed by atoms with Crippen molar-refractivity contribution in [3.63, 3.8) is 0 Å². The van der Waals surface area contributed by atoms with Crippen molar-refractivity contribution in [2.45, 2.75) is 32.3 Å². The molecule has 0 heterocycles. The summed E-state index contributed by atoms with van der Waals surface area (Å²) in [6.07, 6.45) is 9.64. The summed E-state index contributed by atoms with van der Waals surface area (Å²) in [5, 5.41) is 4.65. The van der Waals surface area contributed by atoms with Crippen LogP contribution in [-0.2, 0) is 0 Å². The van der Waals surface area contributed by atoms with Crippen molar-refractivity contribution < 1.29 is 0 Å². The minimum absolute atomic E-state index is 0.833. The van der Waals surface area contributed by atoms with E-state index in [1.807, 2.05) is 0 Å². The van der Waals surface area contributed by atoms with Gasteiger partial charge in [0, 0.05) is 0 Å². The van der Waals surface area contributed by atoms with Crippen LogP contribution in [0.15, 0.2) is 84.2 Å². The van der Waals surface area contributed by atoms with Crippen LogP contribution >= 0.6 is 7.26 Å². The van der Waals surface area contributed by atoms with Crippen molar-refractivity contribution in [2.24, 2.45) is 0 Å². The topological polar surface area (TPSA) is 0 Å². The molecule has 1 aliphatic rings. The second kappa shape index (κ2) is 6.63. The Bertz CT molecular complexity index is 624. The number of hydrogen-bond acceptors (Lipinski definition) is 0. The molecule has 22 heavy (non-hydrogen) atoms. The molecule has 1 fully saturated rings. The second-order valence-electron chi connectivity index (χ2n) is 6.06. The summed E-state index contributed by atoms with van der Waals surface area (Å²) in [7, 11) is -1.89. The van der Waals surface area contributed by atoms with Crippen molar-refractivity contribution in [1.29, 1.82) is 0 Å². The van der Waals surface area contributed by atoms with Gasteiger partial charge in [-0.2, -0.15) is 0 Å². The van der Waals surface area contributed by atoms with Crippen LogP contribution < -0.4 is 10.6 Å². The first-order valence-electron chi connectivity index (χ1n) is 8.24. The average molecular weight is 308 g/mol. The molecule has 0 unspecified atom stereocenters. The Morgan fingerprint density at radius 2 is 1.36 bits per heavy atom. The SMILES string of the molecule is C/C=C\C(=C/C)[PH](c1ccccc1)(c1ccccc1)C1CC1. The van der Waals surface area contributed by atoms with Gasteiger partial charge in [-0.25, -0.2) is 0 Å². The van der Waals surface area contributed by atoms with Gasteiger partial charge < -0.3 is 0 Å². The third-order valence-electron chi connectivity index (χ3n) is 4.76. The van der Waals surface area contributed by atoms with E-state index in [0.717, 1.165) is 5.66 Å². The molecule has 0 radical (unpaired) electrons. The molecule has 1 saturated carbocycles. The number of allylic oxidation sites excluding steroid dienone is 4. The Kier molecular flexibility index (Phi) is 4.60. The Labute approximate surface area is 134 Å². The van der Waals surface area contributed by atoms with E-state index in [0.29, 0.717) is 0 Å². The average Bonchev–Trinajstić information content (AvgIpc) is 3.42. The standard InChI is InChI=1S/C21H25P/c1-3-11-18(4-2)22(21-16-17-21,19-12-7-5-8-13-19)20-14-9-6-10-15-20/h3-15,21-22H,16-17H2,1-2H3/b11-3-,18-4+. The van der Waals surface area contributed by atoms with Gasteiger partial charge in [0.25, 0.3) is 0 Å². The van der Waals surface area contributed by atoms with Gasteiger partial charge in [-0.15, -0.1) is 0 Å². The van der Waals surface area contributed by atoms with E-state index in [1.54, 1.807) is 15.9 Å². The van der Waals surface area contributed by atoms with Gasteiger partial charge >= 0.3 is 134 Å². The van der Waals surface area contributed by atoms with Crippen molar-refractivity contribution in [3.05, 3.63) is 84.2 Å². The molecule has 0 saturated heterocycles. The Morgan fingerprint density at radius 1 is 0.864 bits per heavy atom. The van der Waals surface area contributed by atoms with Crippen LogP contribution in [0.2, 0.25) is 0 Å². The molecule has 0 atom stereocenters. The molecule has 0 bridgehead atoms. The summed E-state index contributed by atoms with van der Waals surface area (Å²) in [5.41, 5.74) is 0.833. The van der Waals surface area contributed by atoms with Crippen molar-refractivity contribution >= 4 is 17.9 Å². The van der Waals surface area contributed by atoms with Gasteiger partial charge in [-0.3, -0.25) is 0 Å². The number of benzene rings is 2. The Morgan fingerprint density at radius 3 is 1.73 bits per heavy atom. The summed E-state index contributed by atoms with van der Waals surface area (Å²) in [6, 6.07) is 22.5.